The summed E-state index contributed by atoms with van der Waals surface area (Å²) in [6, 6.07) is 0.935. The maximum absolute atomic E-state index is 5.10. The molecule has 13 heavy (non-hydrogen) atoms. The topological polar surface area (TPSA) is 15.7 Å². The molecule has 0 N–H and O–H groups in total. The first kappa shape index (κ1) is 11.0. The zero-order chi connectivity index (χ0) is 9.68. The van der Waals surface area contributed by atoms with E-state index in [4.69, 9.17) is 4.74 Å². The maximum atomic E-state index is 5.10. The van der Waals surface area contributed by atoms with Crippen LogP contribution >= 0.6 is 0 Å². The van der Waals surface area contributed by atoms with Gasteiger partial charge in [0.05, 0.1) is 13.2 Å². The predicted molar refractivity (Wildman–Crippen MR) is 55.0 cm³/mol. The molecule has 1 saturated carbocycles. The van der Waals surface area contributed by atoms with Gasteiger partial charge in [0.1, 0.15) is 0 Å². The molecule has 3 heteroatoms. The molecule has 0 aromatic carbocycles. The second-order valence-electron chi connectivity index (χ2n) is 4.11. The Morgan fingerprint density at radius 2 is 1.69 bits per heavy atom. The Morgan fingerprint density at radius 1 is 1.15 bits per heavy atom. The third-order valence-electron chi connectivity index (χ3n) is 2.51. The van der Waals surface area contributed by atoms with Gasteiger partial charge in [0.2, 0.25) is 0 Å². The molecule has 3 nitrogen and oxygen atoms in total. The quantitative estimate of drug-likeness (QED) is 0.598. The van der Waals surface area contributed by atoms with E-state index in [1.807, 2.05) is 0 Å². The highest BCUT2D eigenvalue weighted by atomic mass is 16.5. The summed E-state index contributed by atoms with van der Waals surface area (Å²) in [6.45, 7) is 4.02. The van der Waals surface area contributed by atoms with Gasteiger partial charge in [-0.3, -0.25) is 0 Å². The molecule has 1 aliphatic heterocycles. The smallest absolute Gasteiger partial charge is 0.0594 e. The number of ether oxygens (including phenoxy) is 1. The lowest BCUT2D eigenvalue weighted by atomic mass is 10.5. The van der Waals surface area contributed by atoms with Crippen molar-refractivity contribution in [2.24, 2.45) is 0 Å². The minimum atomic E-state index is 0.913. The van der Waals surface area contributed by atoms with Crippen molar-refractivity contribution in [2.75, 3.05) is 47.4 Å². The third kappa shape index (κ3) is 5.24. The number of morpholine rings is 1. The minimum absolute atomic E-state index is 0.913. The molecule has 0 radical (unpaired) electrons. The van der Waals surface area contributed by atoms with Crippen LogP contribution in [0.25, 0.3) is 0 Å². The molecule has 0 atom stereocenters. The summed E-state index contributed by atoms with van der Waals surface area (Å²) in [5.41, 5.74) is 0. The molecule has 2 rings (SSSR count). The lowest BCUT2D eigenvalue weighted by molar-refractivity contribution is 0.0503. The molecule has 2 fully saturated rings. The largest absolute Gasteiger partial charge is 0.379 e. The SMILES string of the molecule is CN(C)C1CC1.CN1CCOCC1. The molecule has 0 unspecified atom stereocenters. The summed E-state index contributed by atoms with van der Waals surface area (Å²) in [4.78, 5) is 4.55. The van der Waals surface area contributed by atoms with E-state index in [-0.39, 0.29) is 0 Å². The van der Waals surface area contributed by atoms with Gasteiger partial charge in [-0.15, -0.1) is 0 Å². The van der Waals surface area contributed by atoms with E-state index in [1.54, 1.807) is 0 Å². The minimum Gasteiger partial charge on any atom is -0.379 e. The van der Waals surface area contributed by atoms with Crippen LogP contribution in [0.4, 0.5) is 0 Å². The van der Waals surface area contributed by atoms with Gasteiger partial charge in [-0.2, -0.15) is 0 Å². The summed E-state index contributed by atoms with van der Waals surface area (Å²) in [7, 11) is 6.39. The lowest BCUT2D eigenvalue weighted by Gasteiger charge is -2.21. The van der Waals surface area contributed by atoms with Crippen LogP contribution in [0.5, 0.6) is 0 Å². The lowest BCUT2D eigenvalue weighted by Crippen LogP contribution is -2.32. The molecule has 0 aromatic heterocycles. The summed E-state index contributed by atoms with van der Waals surface area (Å²) >= 11 is 0. The number of hydrogen-bond donors (Lipinski definition) is 0. The van der Waals surface area contributed by atoms with Crippen LogP contribution in [0.2, 0.25) is 0 Å². The normalized spacial score (nSPS) is 24.0. The van der Waals surface area contributed by atoms with Crippen molar-refractivity contribution in [3.63, 3.8) is 0 Å². The van der Waals surface area contributed by atoms with Crippen LogP contribution < -0.4 is 0 Å². The Hall–Kier alpha value is -0.120. The van der Waals surface area contributed by atoms with Crippen molar-refractivity contribution < 1.29 is 4.74 Å². The Kier molecular flexibility index (Phi) is 4.70. The average molecular weight is 186 g/mol. The summed E-state index contributed by atoms with van der Waals surface area (Å²) < 4.78 is 5.10. The Balaban J connectivity index is 0.000000132. The van der Waals surface area contributed by atoms with E-state index in [2.05, 4.69) is 30.9 Å². The molecule has 1 aliphatic carbocycles. The molecule has 0 spiro atoms. The van der Waals surface area contributed by atoms with Crippen LogP contribution in [0, 0.1) is 0 Å². The van der Waals surface area contributed by atoms with Crippen LogP contribution in [0.15, 0.2) is 0 Å². The van der Waals surface area contributed by atoms with Gasteiger partial charge in [0.15, 0.2) is 0 Å². The van der Waals surface area contributed by atoms with Crippen LogP contribution in [-0.2, 0) is 4.74 Å². The van der Waals surface area contributed by atoms with E-state index in [9.17, 15) is 0 Å². The number of nitrogens with zero attached hydrogens (tertiary/aromatic N) is 2. The monoisotopic (exact) mass is 186 g/mol. The average Bonchev–Trinajstić information content (AvgIpc) is 2.88. The van der Waals surface area contributed by atoms with E-state index in [1.165, 1.54) is 12.8 Å². The van der Waals surface area contributed by atoms with E-state index in [0.717, 1.165) is 32.3 Å². The Bertz CT molecular complexity index is 129. The van der Waals surface area contributed by atoms with Crippen molar-refractivity contribution >= 4 is 0 Å². The molecular weight excluding hydrogens is 164 g/mol. The summed E-state index contributed by atoms with van der Waals surface area (Å²) in [5.74, 6) is 0. The Morgan fingerprint density at radius 3 is 1.85 bits per heavy atom. The van der Waals surface area contributed by atoms with Gasteiger partial charge in [-0.25, -0.2) is 0 Å². The second kappa shape index (κ2) is 5.58. The van der Waals surface area contributed by atoms with Gasteiger partial charge in [-0.05, 0) is 34.0 Å². The van der Waals surface area contributed by atoms with Gasteiger partial charge in [0.25, 0.3) is 0 Å². The van der Waals surface area contributed by atoms with E-state index in [0.29, 0.717) is 0 Å². The summed E-state index contributed by atoms with van der Waals surface area (Å²) in [5, 5.41) is 0. The van der Waals surface area contributed by atoms with Gasteiger partial charge in [-0.1, -0.05) is 0 Å². The van der Waals surface area contributed by atoms with Crippen LogP contribution in [0.1, 0.15) is 12.8 Å². The molecule has 1 saturated heterocycles. The first-order valence-corrected chi connectivity index (χ1v) is 5.13. The second-order valence-corrected chi connectivity index (χ2v) is 4.11. The number of likely N-dealkylation sites (N-methyl/N-ethyl adjacent to an activating group) is 1. The van der Waals surface area contributed by atoms with Gasteiger partial charge < -0.3 is 14.5 Å². The highest BCUT2D eigenvalue weighted by Crippen LogP contribution is 2.23. The van der Waals surface area contributed by atoms with Crippen molar-refractivity contribution in [1.29, 1.82) is 0 Å². The highest BCUT2D eigenvalue weighted by molar-refractivity contribution is 4.79. The molecule has 1 heterocycles. The maximum Gasteiger partial charge on any atom is 0.0594 e. The molecule has 78 valence electrons. The van der Waals surface area contributed by atoms with Gasteiger partial charge >= 0.3 is 0 Å². The highest BCUT2D eigenvalue weighted by Gasteiger charge is 2.22. The summed E-state index contributed by atoms with van der Waals surface area (Å²) in [6.07, 6.45) is 2.85. The first-order valence-electron chi connectivity index (χ1n) is 5.13. The number of hydrogen-bond acceptors (Lipinski definition) is 3. The fraction of sp³-hybridized carbons (Fsp3) is 1.00. The standard InChI is InChI=1S/C5H11NO.C5H11N/c1-6-2-4-7-5-3-6;1-6(2)5-3-4-5/h2-5H2,1H3;5H,3-4H2,1-2H3. The number of rotatable bonds is 1. The zero-order valence-corrected chi connectivity index (χ0v) is 9.12. The molecular formula is C10H22N2O. The predicted octanol–water partition coefficient (Wildman–Crippen LogP) is 0.659. The van der Waals surface area contributed by atoms with Gasteiger partial charge in [0, 0.05) is 19.1 Å². The van der Waals surface area contributed by atoms with Crippen molar-refractivity contribution in [1.82, 2.24) is 9.80 Å². The van der Waals surface area contributed by atoms with E-state index >= 15 is 0 Å². The van der Waals surface area contributed by atoms with Crippen LogP contribution in [-0.4, -0.2) is 63.3 Å². The Labute approximate surface area is 81.7 Å². The van der Waals surface area contributed by atoms with Crippen molar-refractivity contribution in [3.8, 4) is 0 Å². The molecule has 2 aliphatic rings. The first-order chi connectivity index (χ1) is 6.20. The van der Waals surface area contributed by atoms with Crippen molar-refractivity contribution in [2.45, 2.75) is 18.9 Å². The fourth-order valence-electron chi connectivity index (χ4n) is 1.25. The van der Waals surface area contributed by atoms with Crippen LogP contribution in [0.3, 0.4) is 0 Å². The molecule has 0 bridgehead atoms. The van der Waals surface area contributed by atoms with E-state index < -0.39 is 0 Å². The molecule has 0 aromatic rings. The molecule has 0 amide bonds. The third-order valence-corrected chi connectivity index (χ3v) is 2.51. The fourth-order valence-corrected chi connectivity index (χ4v) is 1.25. The zero-order valence-electron chi connectivity index (χ0n) is 9.12. The van der Waals surface area contributed by atoms with Crippen molar-refractivity contribution in [3.05, 3.63) is 0 Å².